The first kappa shape index (κ1) is 32.8. The van der Waals surface area contributed by atoms with E-state index in [1.807, 2.05) is 36.4 Å². The lowest BCUT2D eigenvalue weighted by Crippen LogP contribution is -2.27. The fourth-order valence-corrected chi connectivity index (χ4v) is 6.29. The average molecular weight is 611 g/mol. The third-order valence-corrected chi connectivity index (χ3v) is 9.03. The van der Waals surface area contributed by atoms with E-state index in [-0.39, 0.29) is 29.5 Å². The Kier molecular flexibility index (Phi) is 11.6. The van der Waals surface area contributed by atoms with Crippen LogP contribution in [0, 0.1) is 23.7 Å². The van der Waals surface area contributed by atoms with Crippen LogP contribution in [0.2, 0.25) is 0 Å². The Hall–Kier alpha value is -4.15. The van der Waals surface area contributed by atoms with E-state index in [9.17, 15) is 14.4 Å². The van der Waals surface area contributed by atoms with Crippen molar-refractivity contribution in [1.29, 1.82) is 0 Å². The molecule has 3 aromatic rings. The molecule has 0 unspecified atom stereocenters. The molecule has 0 saturated heterocycles. The van der Waals surface area contributed by atoms with Gasteiger partial charge in [0.25, 0.3) is 0 Å². The number of nitrogens with two attached hydrogens (primary N) is 1. The van der Waals surface area contributed by atoms with Crippen molar-refractivity contribution in [2.45, 2.75) is 57.9 Å². The number of nitrogens with zero attached hydrogens (tertiary/aromatic N) is 1. The third kappa shape index (κ3) is 8.27. The van der Waals surface area contributed by atoms with Gasteiger partial charge in [0.2, 0.25) is 0 Å². The highest BCUT2D eigenvalue weighted by Crippen LogP contribution is 2.32. The van der Waals surface area contributed by atoms with Gasteiger partial charge in [0, 0.05) is 25.2 Å². The lowest BCUT2D eigenvalue weighted by molar-refractivity contribution is -0.147. The monoisotopic (exact) mass is 610 g/mol. The molecule has 5 rings (SSSR count). The summed E-state index contributed by atoms with van der Waals surface area (Å²) in [6, 6.07) is 11.2. The van der Waals surface area contributed by atoms with Crippen LogP contribution >= 0.6 is 0 Å². The Labute approximate surface area is 258 Å². The predicted molar refractivity (Wildman–Crippen MR) is 170 cm³/mol. The molecule has 0 amide bonds. The molecule has 11 heteroatoms. The Morgan fingerprint density at radius 3 is 1.93 bits per heavy atom. The maximum atomic E-state index is 12.2. The van der Waals surface area contributed by atoms with E-state index in [4.69, 9.17) is 24.7 Å². The summed E-state index contributed by atoms with van der Waals surface area (Å²) >= 11 is 0. The summed E-state index contributed by atoms with van der Waals surface area (Å²) in [5, 5.41) is 3.39. The van der Waals surface area contributed by atoms with Crippen molar-refractivity contribution in [3.8, 4) is 11.5 Å². The van der Waals surface area contributed by atoms with Crippen LogP contribution in [0.4, 0.5) is 11.4 Å². The smallest absolute Gasteiger partial charge is 0.326 e. The van der Waals surface area contributed by atoms with Gasteiger partial charge >= 0.3 is 17.6 Å². The maximum absolute atomic E-state index is 12.2. The topological polar surface area (TPSA) is 147 Å². The number of methoxy groups -OCH3 is 4. The molecular formula is C33H46N4O7. The lowest BCUT2D eigenvalue weighted by Gasteiger charge is -2.27. The minimum Gasteiger partial charge on any atom is -0.497 e. The molecule has 2 aliphatic carbocycles. The standard InChI is InChI=1S/C17H22N2O4.C16H24N2O3/c1-22-13-7-8-14-15(9-13)19(17(21)18-14)10-11-3-5-12(6-4-11)16(20)23-2;1-20-13-7-8-14(17)15(9-13)18-10-11-3-5-12(6-4-11)16(19)21-2/h7-9,11-12H,3-6,10H2,1-2H3,(H,18,21);7-9,11-12,18H,3-6,10,17H2,1-2H3. The SMILES string of the molecule is COC(=O)C1CCC(CNc2cc(OC)ccc2N)CC1.COC(=O)C1CCC(Cn2c(=O)[nH]c3ccc(OC)cc32)CC1. The normalized spacial score (nSPS) is 21.5. The molecule has 0 bridgehead atoms. The summed E-state index contributed by atoms with van der Waals surface area (Å²) in [7, 11) is 6.16. The molecule has 0 radical (unpaired) electrons. The Morgan fingerprint density at radius 2 is 1.36 bits per heavy atom. The first-order valence-corrected chi connectivity index (χ1v) is 15.4. The number of nitrogen functional groups attached to an aromatic ring is 1. The number of carbonyl (C=O) groups excluding carboxylic acids is 2. The van der Waals surface area contributed by atoms with E-state index < -0.39 is 0 Å². The lowest BCUT2D eigenvalue weighted by atomic mass is 9.82. The van der Waals surface area contributed by atoms with Crippen LogP contribution in [-0.4, -0.2) is 56.5 Å². The first-order valence-electron chi connectivity index (χ1n) is 15.4. The molecule has 2 fully saturated rings. The zero-order valence-electron chi connectivity index (χ0n) is 26.2. The summed E-state index contributed by atoms with van der Waals surface area (Å²) < 4.78 is 21.9. The van der Waals surface area contributed by atoms with Gasteiger partial charge in [0.15, 0.2) is 0 Å². The van der Waals surface area contributed by atoms with Gasteiger partial charge in [0.1, 0.15) is 11.5 Å². The van der Waals surface area contributed by atoms with Gasteiger partial charge in [-0.05, 0) is 87.5 Å². The van der Waals surface area contributed by atoms with Crippen molar-refractivity contribution in [1.82, 2.24) is 9.55 Å². The van der Waals surface area contributed by atoms with E-state index in [0.29, 0.717) is 18.4 Å². The number of benzene rings is 2. The molecule has 0 atom stereocenters. The molecular weight excluding hydrogens is 564 g/mol. The molecule has 4 N–H and O–H groups in total. The van der Waals surface area contributed by atoms with Gasteiger partial charge in [-0.15, -0.1) is 0 Å². The number of aromatic nitrogens is 2. The Morgan fingerprint density at radius 1 is 0.818 bits per heavy atom. The van der Waals surface area contributed by atoms with Crippen LogP contribution in [-0.2, 0) is 25.6 Å². The average Bonchev–Trinajstić information content (AvgIpc) is 3.37. The highest BCUT2D eigenvalue weighted by atomic mass is 16.5. The summed E-state index contributed by atoms with van der Waals surface area (Å²) in [5.74, 6) is 2.40. The number of hydrogen-bond donors (Lipinski definition) is 3. The van der Waals surface area contributed by atoms with Gasteiger partial charge in [0.05, 0.1) is 62.7 Å². The number of fused-ring (bicyclic) bond motifs is 1. The number of nitrogens with one attached hydrogen (secondary N) is 2. The van der Waals surface area contributed by atoms with Crippen molar-refractivity contribution in [2.75, 3.05) is 46.0 Å². The number of H-pyrrole nitrogens is 1. The number of esters is 2. The number of rotatable bonds is 9. The fraction of sp³-hybridized carbons (Fsp3) is 0.545. The summed E-state index contributed by atoms with van der Waals surface area (Å²) in [6.07, 6.45) is 7.42. The highest BCUT2D eigenvalue weighted by molar-refractivity contribution is 5.77. The van der Waals surface area contributed by atoms with Crippen LogP contribution < -0.4 is 26.2 Å². The van der Waals surface area contributed by atoms with Crippen LogP contribution in [0.15, 0.2) is 41.2 Å². The number of anilines is 2. The van der Waals surface area contributed by atoms with Crippen LogP contribution in [0.1, 0.15) is 51.4 Å². The Balaban J connectivity index is 0.000000202. The van der Waals surface area contributed by atoms with Crippen LogP contribution in [0.5, 0.6) is 11.5 Å². The summed E-state index contributed by atoms with van der Waals surface area (Å²) in [6.45, 7) is 1.53. The largest absolute Gasteiger partial charge is 0.497 e. The quantitative estimate of drug-likeness (QED) is 0.225. The molecule has 44 heavy (non-hydrogen) atoms. The zero-order chi connectivity index (χ0) is 31.6. The zero-order valence-corrected chi connectivity index (χ0v) is 26.2. The van der Waals surface area contributed by atoms with E-state index in [1.54, 1.807) is 18.8 Å². The van der Waals surface area contributed by atoms with Gasteiger partial charge in [-0.1, -0.05) is 0 Å². The van der Waals surface area contributed by atoms with Gasteiger partial charge in [-0.2, -0.15) is 0 Å². The van der Waals surface area contributed by atoms with Crippen LogP contribution in [0.3, 0.4) is 0 Å². The fourth-order valence-electron chi connectivity index (χ4n) is 6.29. The van der Waals surface area contributed by atoms with Gasteiger partial charge in [-0.3, -0.25) is 14.2 Å². The molecule has 240 valence electrons. The number of carbonyl (C=O) groups is 2. The second-order valence-electron chi connectivity index (χ2n) is 11.7. The maximum Gasteiger partial charge on any atom is 0.326 e. The van der Waals surface area contributed by atoms with E-state index >= 15 is 0 Å². The molecule has 2 aliphatic rings. The minimum absolute atomic E-state index is 0.0102. The van der Waals surface area contributed by atoms with E-state index in [0.717, 1.165) is 91.8 Å². The predicted octanol–water partition coefficient (Wildman–Crippen LogP) is 4.99. The molecule has 0 spiro atoms. The summed E-state index contributed by atoms with van der Waals surface area (Å²) in [4.78, 5) is 38.2. The Bertz CT molecular complexity index is 1450. The number of hydrogen-bond acceptors (Lipinski definition) is 9. The minimum atomic E-state index is -0.113. The molecule has 0 aliphatic heterocycles. The number of aromatic amines is 1. The van der Waals surface area contributed by atoms with E-state index in [2.05, 4.69) is 10.3 Å². The van der Waals surface area contributed by atoms with Crippen molar-refractivity contribution in [2.24, 2.45) is 23.7 Å². The molecule has 1 aromatic heterocycles. The van der Waals surface area contributed by atoms with Gasteiger partial charge < -0.3 is 35.0 Å². The third-order valence-electron chi connectivity index (χ3n) is 9.03. The molecule has 11 nitrogen and oxygen atoms in total. The number of imidazole rings is 1. The number of ether oxygens (including phenoxy) is 4. The van der Waals surface area contributed by atoms with Crippen molar-refractivity contribution >= 4 is 34.3 Å². The highest BCUT2D eigenvalue weighted by Gasteiger charge is 2.28. The van der Waals surface area contributed by atoms with E-state index in [1.165, 1.54) is 14.2 Å². The van der Waals surface area contributed by atoms with Crippen LogP contribution in [0.25, 0.3) is 11.0 Å². The summed E-state index contributed by atoms with van der Waals surface area (Å²) in [5.41, 5.74) is 9.18. The van der Waals surface area contributed by atoms with Gasteiger partial charge in [-0.25, -0.2) is 4.79 Å². The second kappa shape index (κ2) is 15.5. The van der Waals surface area contributed by atoms with Crippen molar-refractivity contribution in [3.05, 3.63) is 46.9 Å². The second-order valence-corrected chi connectivity index (χ2v) is 11.7. The van der Waals surface area contributed by atoms with Crippen molar-refractivity contribution < 1.29 is 28.5 Å². The first-order chi connectivity index (χ1) is 21.3. The molecule has 2 aromatic carbocycles. The molecule has 1 heterocycles. The van der Waals surface area contributed by atoms with Crippen molar-refractivity contribution in [3.63, 3.8) is 0 Å². The molecule has 2 saturated carbocycles.